The summed E-state index contributed by atoms with van der Waals surface area (Å²) >= 11 is 0. The third kappa shape index (κ3) is 5.69. The van der Waals surface area contributed by atoms with Gasteiger partial charge in [0.25, 0.3) is 0 Å². The standard InChI is InChI=1S/C29H33N3O4/c1-35-23-16-20(17-24(18-23)36-2)19-31-28(33)25-14-9-15-32(25)29(34)27(30)26(21-10-5-3-6-11-21)22-12-7-4-8-13-22/h3-8,10-13,16-18,25-27H,9,14-15,19,30H2,1-2H3,(H,31,33)/t25?,27-/m1/s1. The quantitative estimate of drug-likeness (QED) is 0.482. The minimum absolute atomic E-state index is 0.189. The molecule has 0 radical (unpaired) electrons. The molecule has 1 unspecified atom stereocenters. The van der Waals surface area contributed by atoms with Gasteiger partial charge in [0, 0.05) is 25.1 Å². The number of nitrogens with one attached hydrogen (secondary N) is 1. The van der Waals surface area contributed by atoms with Gasteiger partial charge >= 0.3 is 0 Å². The highest BCUT2D eigenvalue weighted by atomic mass is 16.5. The van der Waals surface area contributed by atoms with Crippen molar-refractivity contribution in [1.29, 1.82) is 0 Å². The van der Waals surface area contributed by atoms with Crippen molar-refractivity contribution >= 4 is 11.8 Å². The van der Waals surface area contributed by atoms with E-state index in [0.29, 0.717) is 31.0 Å². The van der Waals surface area contributed by atoms with E-state index in [4.69, 9.17) is 15.2 Å². The molecule has 1 heterocycles. The van der Waals surface area contributed by atoms with Crippen molar-refractivity contribution in [3.05, 3.63) is 95.6 Å². The van der Waals surface area contributed by atoms with Crippen molar-refractivity contribution in [1.82, 2.24) is 10.2 Å². The number of likely N-dealkylation sites (tertiary alicyclic amines) is 1. The van der Waals surface area contributed by atoms with Crippen molar-refractivity contribution in [3.63, 3.8) is 0 Å². The zero-order chi connectivity index (χ0) is 25.5. The summed E-state index contributed by atoms with van der Waals surface area (Å²) in [5.41, 5.74) is 9.43. The maximum atomic E-state index is 13.7. The first-order valence-electron chi connectivity index (χ1n) is 12.2. The van der Waals surface area contributed by atoms with E-state index >= 15 is 0 Å². The highest BCUT2D eigenvalue weighted by molar-refractivity contribution is 5.91. The summed E-state index contributed by atoms with van der Waals surface area (Å²) < 4.78 is 10.6. The normalized spacial score (nSPS) is 16.0. The molecule has 0 aliphatic carbocycles. The predicted octanol–water partition coefficient (Wildman–Crippen LogP) is 3.47. The first-order valence-corrected chi connectivity index (χ1v) is 12.2. The van der Waals surface area contributed by atoms with E-state index in [1.807, 2.05) is 72.8 Å². The number of carbonyl (C=O) groups is 2. The monoisotopic (exact) mass is 487 g/mol. The molecule has 2 amide bonds. The minimum atomic E-state index is -0.814. The lowest BCUT2D eigenvalue weighted by Gasteiger charge is -2.31. The average Bonchev–Trinajstić information content (AvgIpc) is 3.42. The first kappa shape index (κ1) is 25.3. The lowest BCUT2D eigenvalue weighted by atomic mass is 9.84. The van der Waals surface area contributed by atoms with Crippen LogP contribution in [0.25, 0.3) is 0 Å². The summed E-state index contributed by atoms with van der Waals surface area (Å²) in [6.07, 6.45) is 1.36. The van der Waals surface area contributed by atoms with Gasteiger partial charge < -0.3 is 25.4 Å². The molecule has 7 nitrogen and oxygen atoms in total. The van der Waals surface area contributed by atoms with E-state index < -0.39 is 12.1 Å². The van der Waals surface area contributed by atoms with E-state index in [-0.39, 0.29) is 17.7 Å². The van der Waals surface area contributed by atoms with Crippen LogP contribution in [0, 0.1) is 0 Å². The lowest BCUT2D eigenvalue weighted by Crippen LogP contribution is -2.52. The van der Waals surface area contributed by atoms with Gasteiger partial charge in [0.05, 0.1) is 20.3 Å². The molecule has 36 heavy (non-hydrogen) atoms. The van der Waals surface area contributed by atoms with E-state index in [9.17, 15) is 9.59 Å². The number of hydrogen-bond donors (Lipinski definition) is 2. The average molecular weight is 488 g/mol. The van der Waals surface area contributed by atoms with Crippen molar-refractivity contribution in [2.24, 2.45) is 5.73 Å². The summed E-state index contributed by atoms with van der Waals surface area (Å²) in [5.74, 6) is 0.581. The molecule has 0 saturated carbocycles. The Morgan fingerprint density at radius 3 is 2.03 bits per heavy atom. The molecule has 1 aliphatic heterocycles. The number of amides is 2. The van der Waals surface area contributed by atoms with Crippen LogP contribution in [-0.4, -0.2) is 49.6 Å². The van der Waals surface area contributed by atoms with E-state index in [0.717, 1.165) is 23.1 Å². The Morgan fingerprint density at radius 2 is 1.50 bits per heavy atom. The molecule has 1 aliphatic rings. The molecule has 2 atom stereocenters. The second-order valence-corrected chi connectivity index (χ2v) is 8.95. The Bertz CT molecular complexity index is 1110. The summed E-state index contributed by atoms with van der Waals surface area (Å²) in [5, 5.41) is 2.98. The van der Waals surface area contributed by atoms with Gasteiger partial charge in [-0.1, -0.05) is 60.7 Å². The molecule has 188 valence electrons. The zero-order valence-electron chi connectivity index (χ0n) is 20.7. The number of nitrogens with two attached hydrogens (primary N) is 1. The maximum Gasteiger partial charge on any atom is 0.243 e. The zero-order valence-corrected chi connectivity index (χ0v) is 20.7. The Labute approximate surface area is 212 Å². The molecule has 1 saturated heterocycles. The number of carbonyl (C=O) groups excluding carboxylic acids is 2. The summed E-state index contributed by atoms with van der Waals surface area (Å²) in [4.78, 5) is 28.5. The smallest absolute Gasteiger partial charge is 0.243 e. The second-order valence-electron chi connectivity index (χ2n) is 8.95. The molecule has 7 heteroatoms. The van der Waals surface area contributed by atoms with E-state index in [1.54, 1.807) is 25.2 Å². The number of ether oxygens (including phenoxy) is 2. The van der Waals surface area contributed by atoms with Crippen LogP contribution < -0.4 is 20.5 Å². The van der Waals surface area contributed by atoms with Gasteiger partial charge in [-0.3, -0.25) is 9.59 Å². The Morgan fingerprint density at radius 1 is 0.944 bits per heavy atom. The summed E-state index contributed by atoms with van der Waals surface area (Å²) in [6.45, 7) is 0.807. The van der Waals surface area contributed by atoms with Gasteiger partial charge in [0.2, 0.25) is 11.8 Å². The van der Waals surface area contributed by atoms with Crippen LogP contribution in [0.4, 0.5) is 0 Å². The fourth-order valence-corrected chi connectivity index (χ4v) is 4.84. The molecular formula is C29H33N3O4. The summed E-state index contributed by atoms with van der Waals surface area (Å²) in [6, 6.07) is 23.7. The summed E-state index contributed by atoms with van der Waals surface area (Å²) in [7, 11) is 3.17. The number of methoxy groups -OCH3 is 2. The number of benzene rings is 3. The van der Waals surface area contributed by atoms with E-state index in [1.165, 1.54) is 0 Å². The van der Waals surface area contributed by atoms with Crippen LogP contribution in [0.2, 0.25) is 0 Å². The maximum absolute atomic E-state index is 13.7. The molecule has 0 bridgehead atoms. The predicted molar refractivity (Wildman–Crippen MR) is 139 cm³/mol. The lowest BCUT2D eigenvalue weighted by molar-refractivity contribution is -0.139. The first-order chi connectivity index (χ1) is 17.5. The van der Waals surface area contributed by atoms with Gasteiger partial charge in [0.1, 0.15) is 17.5 Å². The molecule has 3 aromatic carbocycles. The largest absolute Gasteiger partial charge is 0.497 e. The van der Waals surface area contributed by atoms with Gasteiger partial charge in [-0.05, 0) is 41.7 Å². The number of hydrogen-bond acceptors (Lipinski definition) is 5. The molecule has 4 rings (SSSR count). The van der Waals surface area contributed by atoms with Crippen molar-refractivity contribution in [3.8, 4) is 11.5 Å². The molecule has 0 aromatic heterocycles. The highest BCUT2D eigenvalue weighted by Crippen LogP contribution is 2.30. The van der Waals surface area contributed by atoms with E-state index in [2.05, 4.69) is 5.32 Å². The van der Waals surface area contributed by atoms with Crippen molar-refractivity contribution < 1.29 is 19.1 Å². The van der Waals surface area contributed by atoms with Crippen LogP contribution in [0.3, 0.4) is 0 Å². The van der Waals surface area contributed by atoms with Crippen LogP contribution in [-0.2, 0) is 16.1 Å². The Balaban J connectivity index is 1.49. The molecule has 3 aromatic rings. The SMILES string of the molecule is COc1cc(CNC(=O)C2CCCN2C(=O)[C@H](N)C(c2ccccc2)c2ccccc2)cc(OC)c1. The van der Waals surface area contributed by atoms with Crippen molar-refractivity contribution in [2.45, 2.75) is 37.4 Å². The van der Waals surface area contributed by atoms with Gasteiger partial charge in [0.15, 0.2) is 0 Å². The third-order valence-electron chi connectivity index (χ3n) is 6.68. The van der Waals surface area contributed by atoms with Gasteiger partial charge in [-0.15, -0.1) is 0 Å². The second kappa shape index (κ2) is 11.7. The third-order valence-corrected chi connectivity index (χ3v) is 6.68. The van der Waals surface area contributed by atoms with Crippen LogP contribution >= 0.6 is 0 Å². The van der Waals surface area contributed by atoms with Gasteiger partial charge in [-0.2, -0.15) is 0 Å². The Hall–Kier alpha value is -3.84. The number of rotatable bonds is 9. The van der Waals surface area contributed by atoms with Crippen LogP contribution in [0.15, 0.2) is 78.9 Å². The molecule has 0 spiro atoms. The van der Waals surface area contributed by atoms with Gasteiger partial charge in [-0.25, -0.2) is 0 Å². The van der Waals surface area contributed by atoms with Crippen molar-refractivity contribution in [2.75, 3.05) is 20.8 Å². The molecule has 3 N–H and O–H groups in total. The fraction of sp³-hybridized carbons (Fsp3) is 0.310. The molecule has 1 fully saturated rings. The Kier molecular flexibility index (Phi) is 8.23. The highest BCUT2D eigenvalue weighted by Gasteiger charge is 2.39. The molecular weight excluding hydrogens is 454 g/mol. The van der Waals surface area contributed by atoms with Crippen LogP contribution in [0.1, 0.15) is 35.4 Å². The van der Waals surface area contributed by atoms with Crippen LogP contribution in [0.5, 0.6) is 11.5 Å². The topological polar surface area (TPSA) is 93.9 Å². The number of nitrogens with zero attached hydrogens (tertiary/aromatic N) is 1. The fourth-order valence-electron chi connectivity index (χ4n) is 4.84. The minimum Gasteiger partial charge on any atom is -0.497 e.